The standard InChI is InChI=1S/C7H16NP/c1-3-7(8-2)4-6(7)5-9/h6,8H,3-5,9H2,1-2H3/p+1. The normalized spacial score (nSPS) is 41.3. The van der Waals surface area contributed by atoms with Crippen molar-refractivity contribution < 1.29 is 0 Å². The van der Waals surface area contributed by atoms with Gasteiger partial charge in [-0.3, -0.25) is 0 Å². The monoisotopic (exact) mass is 146 g/mol. The number of nitrogens with one attached hydrogen (secondary N) is 1. The zero-order chi connectivity index (χ0) is 6.91. The molecule has 0 saturated heterocycles. The van der Waals surface area contributed by atoms with E-state index in [-0.39, 0.29) is 0 Å². The lowest BCUT2D eigenvalue weighted by Crippen LogP contribution is -2.29. The SMILES string of the molecule is CCC1(NC)CC1C[PH3+]. The molecule has 9 heavy (non-hydrogen) atoms. The van der Waals surface area contributed by atoms with Crippen molar-refractivity contribution in [2.24, 2.45) is 5.92 Å². The van der Waals surface area contributed by atoms with Gasteiger partial charge in [-0.1, -0.05) is 6.92 Å². The molecule has 0 aromatic rings. The summed E-state index contributed by atoms with van der Waals surface area (Å²) in [5, 5.41) is 3.41. The maximum Gasteiger partial charge on any atom is 0.0573 e. The molecule has 3 unspecified atom stereocenters. The van der Waals surface area contributed by atoms with Crippen LogP contribution in [0.4, 0.5) is 0 Å². The van der Waals surface area contributed by atoms with Crippen molar-refractivity contribution in [1.29, 1.82) is 0 Å². The molecule has 1 nitrogen and oxygen atoms in total. The van der Waals surface area contributed by atoms with Crippen LogP contribution in [0.3, 0.4) is 0 Å². The van der Waals surface area contributed by atoms with Gasteiger partial charge in [0.15, 0.2) is 0 Å². The number of hydrogen-bond acceptors (Lipinski definition) is 1. The summed E-state index contributed by atoms with van der Waals surface area (Å²) in [5.41, 5.74) is 0.557. The van der Waals surface area contributed by atoms with Crippen LogP contribution < -0.4 is 5.32 Å². The van der Waals surface area contributed by atoms with E-state index in [1.807, 2.05) is 0 Å². The number of rotatable bonds is 3. The minimum Gasteiger partial charge on any atom is -0.314 e. The zero-order valence-electron chi connectivity index (χ0n) is 6.41. The molecule has 1 aliphatic carbocycles. The van der Waals surface area contributed by atoms with Crippen molar-refractivity contribution in [3.8, 4) is 0 Å². The molecule has 0 aliphatic heterocycles. The lowest BCUT2D eigenvalue weighted by atomic mass is 10.1. The first kappa shape index (κ1) is 7.50. The third-order valence-corrected chi connectivity index (χ3v) is 3.41. The molecule has 0 aromatic heterocycles. The molecule has 3 atom stereocenters. The van der Waals surface area contributed by atoms with Gasteiger partial charge in [-0.05, 0) is 29.1 Å². The van der Waals surface area contributed by atoms with E-state index in [9.17, 15) is 0 Å². The van der Waals surface area contributed by atoms with Crippen molar-refractivity contribution in [3.05, 3.63) is 0 Å². The lowest BCUT2D eigenvalue weighted by molar-refractivity contribution is 0.498. The summed E-state index contributed by atoms with van der Waals surface area (Å²) in [6.07, 6.45) is 4.07. The molecule has 1 saturated carbocycles. The maximum absolute atomic E-state index is 3.41. The van der Waals surface area contributed by atoms with Crippen LogP contribution in [-0.4, -0.2) is 18.7 Å². The van der Waals surface area contributed by atoms with E-state index >= 15 is 0 Å². The molecule has 2 heteroatoms. The molecular weight excluding hydrogens is 129 g/mol. The van der Waals surface area contributed by atoms with Crippen molar-refractivity contribution in [2.45, 2.75) is 25.3 Å². The average Bonchev–Trinajstić information content (AvgIpc) is 2.63. The van der Waals surface area contributed by atoms with Gasteiger partial charge in [-0.2, -0.15) is 0 Å². The van der Waals surface area contributed by atoms with Gasteiger partial charge in [0.1, 0.15) is 0 Å². The summed E-state index contributed by atoms with van der Waals surface area (Å²) < 4.78 is 0. The van der Waals surface area contributed by atoms with Crippen LogP contribution in [0.5, 0.6) is 0 Å². The Hall–Kier alpha value is 0.390. The highest BCUT2D eigenvalue weighted by atomic mass is 31.0. The first-order chi connectivity index (χ1) is 4.29. The molecule has 1 N–H and O–H groups in total. The first-order valence-electron chi connectivity index (χ1n) is 3.77. The van der Waals surface area contributed by atoms with Gasteiger partial charge in [-0.15, -0.1) is 0 Å². The van der Waals surface area contributed by atoms with E-state index in [1.165, 1.54) is 19.0 Å². The van der Waals surface area contributed by atoms with Gasteiger partial charge in [-0.25, -0.2) is 0 Å². The van der Waals surface area contributed by atoms with E-state index < -0.39 is 0 Å². The molecule has 0 spiro atoms. The van der Waals surface area contributed by atoms with Gasteiger partial charge >= 0.3 is 0 Å². The van der Waals surface area contributed by atoms with E-state index in [0.717, 1.165) is 5.92 Å². The number of hydrogen-bond donors (Lipinski definition) is 1. The van der Waals surface area contributed by atoms with Crippen molar-refractivity contribution in [1.82, 2.24) is 5.32 Å². The Kier molecular flexibility index (Phi) is 2.13. The van der Waals surface area contributed by atoms with Crippen LogP contribution in [0.2, 0.25) is 0 Å². The van der Waals surface area contributed by atoms with Gasteiger partial charge in [0.25, 0.3) is 0 Å². The van der Waals surface area contributed by atoms with E-state index in [2.05, 4.69) is 28.5 Å². The summed E-state index contributed by atoms with van der Waals surface area (Å²) in [6.45, 7) is 2.27. The summed E-state index contributed by atoms with van der Waals surface area (Å²) in [4.78, 5) is 0. The van der Waals surface area contributed by atoms with E-state index in [1.54, 1.807) is 0 Å². The molecule has 0 heterocycles. The predicted molar refractivity (Wildman–Crippen MR) is 46.2 cm³/mol. The summed E-state index contributed by atoms with van der Waals surface area (Å²) in [6, 6.07) is 0. The third kappa shape index (κ3) is 1.13. The van der Waals surface area contributed by atoms with Gasteiger partial charge in [0.05, 0.1) is 6.16 Å². The van der Waals surface area contributed by atoms with Crippen LogP contribution in [0, 0.1) is 5.92 Å². The Labute approximate surface area is 59.8 Å². The fourth-order valence-corrected chi connectivity index (χ4v) is 2.43. The van der Waals surface area contributed by atoms with Gasteiger partial charge in [0, 0.05) is 11.5 Å². The lowest BCUT2D eigenvalue weighted by Gasteiger charge is -2.11. The fourth-order valence-electron chi connectivity index (χ4n) is 1.68. The predicted octanol–water partition coefficient (Wildman–Crippen LogP) is 0.982. The Bertz CT molecular complexity index is 99.1. The molecule has 54 valence electrons. The third-order valence-electron chi connectivity index (χ3n) is 2.71. The molecule has 0 bridgehead atoms. The summed E-state index contributed by atoms with van der Waals surface area (Å²) in [7, 11) is 4.18. The minimum absolute atomic E-state index is 0.557. The first-order valence-corrected chi connectivity index (χ1v) is 4.77. The van der Waals surface area contributed by atoms with E-state index in [0.29, 0.717) is 5.54 Å². The van der Waals surface area contributed by atoms with Crippen molar-refractivity contribution >= 4 is 9.24 Å². The summed E-state index contributed by atoms with van der Waals surface area (Å²) in [5.74, 6) is 0.978. The molecule has 0 amide bonds. The molecule has 1 rings (SSSR count). The topological polar surface area (TPSA) is 12.0 Å². The second kappa shape index (κ2) is 2.56. The largest absolute Gasteiger partial charge is 0.314 e. The highest BCUT2D eigenvalue weighted by molar-refractivity contribution is 7.16. The molecular formula is C7H17NP+. The Morgan fingerprint density at radius 2 is 2.44 bits per heavy atom. The summed E-state index contributed by atoms with van der Waals surface area (Å²) >= 11 is 0. The zero-order valence-corrected chi connectivity index (χ0v) is 7.82. The Morgan fingerprint density at radius 3 is 2.56 bits per heavy atom. The quantitative estimate of drug-likeness (QED) is 0.585. The highest BCUT2D eigenvalue weighted by Gasteiger charge is 2.51. The van der Waals surface area contributed by atoms with Crippen LogP contribution in [0.25, 0.3) is 0 Å². The van der Waals surface area contributed by atoms with Crippen molar-refractivity contribution in [3.63, 3.8) is 0 Å². The molecule has 1 fully saturated rings. The second-order valence-corrected chi connectivity index (χ2v) is 3.53. The molecule has 0 radical (unpaired) electrons. The van der Waals surface area contributed by atoms with Crippen LogP contribution in [0.1, 0.15) is 19.8 Å². The second-order valence-electron chi connectivity index (χ2n) is 2.95. The molecule has 1 aliphatic rings. The van der Waals surface area contributed by atoms with Crippen LogP contribution >= 0.6 is 9.24 Å². The smallest absolute Gasteiger partial charge is 0.0573 e. The maximum atomic E-state index is 3.41. The molecule has 0 aromatic carbocycles. The fraction of sp³-hybridized carbons (Fsp3) is 1.00. The highest BCUT2D eigenvalue weighted by Crippen LogP contribution is 2.46. The Balaban J connectivity index is 2.37. The van der Waals surface area contributed by atoms with Crippen molar-refractivity contribution in [2.75, 3.05) is 13.2 Å². The van der Waals surface area contributed by atoms with Gasteiger partial charge < -0.3 is 5.32 Å². The van der Waals surface area contributed by atoms with Gasteiger partial charge in [0.2, 0.25) is 0 Å². The van der Waals surface area contributed by atoms with Crippen LogP contribution in [0.15, 0.2) is 0 Å². The van der Waals surface area contributed by atoms with Crippen LogP contribution in [-0.2, 0) is 0 Å². The Morgan fingerprint density at radius 1 is 1.78 bits per heavy atom. The van der Waals surface area contributed by atoms with E-state index in [4.69, 9.17) is 0 Å². The minimum atomic E-state index is 0.557. The average molecular weight is 146 g/mol.